The number of carboxylic acids is 1. The average Bonchev–Trinajstić information content (AvgIpc) is 2.43. The van der Waals surface area contributed by atoms with Crippen molar-refractivity contribution in [2.24, 2.45) is 0 Å². The van der Waals surface area contributed by atoms with Gasteiger partial charge in [0.2, 0.25) is 0 Å². The summed E-state index contributed by atoms with van der Waals surface area (Å²) in [4.78, 5) is 11.0. The first kappa shape index (κ1) is 10.2. The Morgan fingerprint density at radius 2 is 2.07 bits per heavy atom. The molecule has 0 radical (unpaired) electrons. The first-order valence-corrected chi connectivity index (χ1v) is 5.92. The van der Waals surface area contributed by atoms with Gasteiger partial charge < -0.3 is 5.11 Å². The van der Waals surface area contributed by atoms with E-state index in [0.29, 0.717) is 16.0 Å². The summed E-state index contributed by atoms with van der Waals surface area (Å²) in [6.07, 6.45) is 1.46. The molecule has 1 aliphatic heterocycles. The Hall–Kier alpha value is -1.30. The maximum absolute atomic E-state index is 10.6. The van der Waals surface area contributed by atoms with Crippen molar-refractivity contribution in [2.75, 3.05) is 0 Å². The molecule has 4 nitrogen and oxygen atoms in total. The van der Waals surface area contributed by atoms with E-state index in [1.54, 1.807) is 24.3 Å². The van der Waals surface area contributed by atoms with Crippen molar-refractivity contribution < 1.29 is 19.0 Å². The van der Waals surface area contributed by atoms with Crippen LogP contribution in [0.4, 0.5) is 0 Å². The summed E-state index contributed by atoms with van der Waals surface area (Å²) in [5, 5.41) is 10.0. The highest BCUT2D eigenvalue weighted by Crippen LogP contribution is 2.56. The van der Waals surface area contributed by atoms with Gasteiger partial charge in [0.15, 0.2) is 0 Å². The van der Waals surface area contributed by atoms with Crippen LogP contribution in [0.5, 0.6) is 0 Å². The summed E-state index contributed by atoms with van der Waals surface area (Å²) in [6.45, 7) is 0. The SMILES string of the molecule is O=C(O)Cc1cccc2c1C=CS2(O)O. The highest BCUT2D eigenvalue weighted by atomic mass is 32.3. The van der Waals surface area contributed by atoms with Crippen molar-refractivity contribution in [3.63, 3.8) is 0 Å². The lowest BCUT2D eigenvalue weighted by molar-refractivity contribution is -0.136. The van der Waals surface area contributed by atoms with Crippen LogP contribution in [0.3, 0.4) is 0 Å². The normalized spacial score (nSPS) is 18.5. The third kappa shape index (κ3) is 1.77. The molecule has 0 aliphatic carbocycles. The van der Waals surface area contributed by atoms with Gasteiger partial charge in [0.1, 0.15) is 0 Å². The van der Waals surface area contributed by atoms with Crippen LogP contribution in [0.2, 0.25) is 0 Å². The van der Waals surface area contributed by atoms with E-state index in [-0.39, 0.29) is 6.42 Å². The standard InChI is InChI=1S/C10H10O4S/c11-10(12)6-7-2-1-3-9-8(7)4-5-15(9,13)14/h1-5,13-14H,6H2,(H,11,12). The summed E-state index contributed by atoms with van der Waals surface area (Å²) in [7, 11) is -2.84. The highest BCUT2D eigenvalue weighted by molar-refractivity contribution is 8.27. The van der Waals surface area contributed by atoms with E-state index in [1.165, 1.54) is 5.41 Å². The molecule has 0 unspecified atom stereocenters. The van der Waals surface area contributed by atoms with Gasteiger partial charge in [-0.25, -0.2) is 0 Å². The first-order chi connectivity index (χ1) is 7.00. The number of carbonyl (C=O) groups is 1. The third-order valence-electron chi connectivity index (χ3n) is 2.25. The molecule has 0 bridgehead atoms. The summed E-state index contributed by atoms with van der Waals surface area (Å²) >= 11 is 0. The molecule has 80 valence electrons. The van der Waals surface area contributed by atoms with E-state index in [9.17, 15) is 13.9 Å². The molecule has 0 fully saturated rings. The van der Waals surface area contributed by atoms with Gasteiger partial charge in [-0.15, -0.1) is 10.6 Å². The van der Waals surface area contributed by atoms with Gasteiger partial charge in [-0.05, 0) is 17.7 Å². The molecular weight excluding hydrogens is 216 g/mol. The Balaban J connectivity index is 2.49. The zero-order valence-electron chi connectivity index (χ0n) is 7.75. The van der Waals surface area contributed by atoms with Crippen LogP contribution in [-0.2, 0) is 11.2 Å². The molecule has 0 aromatic heterocycles. The molecule has 3 N–H and O–H groups in total. The lowest BCUT2D eigenvalue weighted by Crippen LogP contribution is -2.03. The molecule has 5 heteroatoms. The summed E-state index contributed by atoms with van der Waals surface area (Å²) in [5.41, 5.74) is 1.23. The molecule has 0 saturated heterocycles. The van der Waals surface area contributed by atoms with E-state index in [4.69, 9.17) is 5.11 Å². The molecular formula is C10H10O4S. The van der Waals surface area contributed by atoms with Gasteiger partial charge in [0.25, 0.3) is 0 Å². The number of fused-ring (bicyclic) bond motifs is 1. The fraction of sp³-hybridized carbons (Fsp3) is 0.100. The number of benzene rings is 1. The van der Waals surface area contributed by atoms with Crippen molar-refractivity contribution >= 4 is 22.6 Å². The van der Waals surface area contributed by atoms with Crippen LogP contribution in [0.25, 0.3) is 6.08 Å². The van der Waals surface area contributed by atoms with Gasteiger partial charge in [0, 0.05) is 11.0 Å². The maximum Gasteiger partial charge on any atom is 0.307 e. The van der Waals surface area contributed by atoms with E-state index < -0.39 is 16.6 Å². The van der Waals surface area contributed by atoms with Crippen LogP contribution in [-0.4, -0.2) is 20.2 Å². The summed E-state index contributed by atoms with van der Waals surface area (Å²) in [5.74, 6) is -0.930. The highest BCUT2D eigenvalue weighted by Gasteiger charge is 2.23. The molecule has 0 amide bonds. The third-order valence-corrected chi connectivity index (χ3v) is 3.77. The van der Waals surface area contributed by atoms with Crippen LogP contribution < -0.4 is 0 Å². The van der Waals surface area contributed by atoms with Crippen molar-refractivity contribution in [1.82, 2.24) is 0 Å². The number of hydrogen-bond donors (Lipinski definition) is 3. The predicted molar refractivity (Wildman–Crippen MR) is 57.9 cm³/mol. The lowest BCUT2D eigenvalue weighted by Gasteiger charge is -2.25. The topological polar surface area (TPSA) is 77.8 Å². The van der Waals surface area contributed by atoms with Gasteiger partial charge in [-0.2, -0.15) is 0 Å². The number of carboxylic acid groups (broad SMARTS) is 1. The van der Waals surface area contributed by atoms with Crippen molar-refractivity contribution in [3.8, 4) is 0 Å². The first-order valence-electron chi connectivity index (χ1n) is 4.31. The Morgan fingerprint density at radius 3 is 2.73 bits per heavy atom. The van der Waals surface area contributed by atoms with Crippen LogP contribution >= 0.6 is 10.6 Å². The lowest BCUT2D eigenvalue weighted by atomic mass is 10.1. The molecule has 0 spiro atoms. The van der Waals surface area contributed by atoms with Crippen LogP contribution in [0.1, 0.15) is 11.1 Å². The predicted octanol–water partition coefficient (Wildman–Crippen LogP) is 2.41. The minimum Gasteiger partial charge on any atom is -0.481 e. The monoisotopic (exact) mass is 226 g/mol. The van der Waals surface area contributed by atoms with E-state index in [1.807, 2.05) is 0 Å². The summed E-state index contributed by atoms with van der Waals surface area (Å²) in [6, 6.07) is 4.92. The van der Waals surface area contributed by atoms with Crippen LogP contribution in [0.15, 0.2) is 28.5 Å². The van der Waals surface area contributed by atoms with Gasteiger partial charge in [-0.3, -0.25) is 13.9 Å². The molecule has 1 aromatic carbocycles. The van der Waals surface area contributed by atoms with E-state index >= 15 is 0 Å². The van der Waals surface area contributed by atoms with E-state index in [0.717, 1.165) is 0 Å². The molecule has 1 heterocycles. The molecule has 0 atom stereocenters. The second kappa shape index (κ2) is 3.37. The fourth-order valence-corrected chi connectivity index (χ4v) is 2.87. The number of hydrogen-bond acceptors (Lipinski definition) is 3. The Labute approximate surface area is 88.2 Å². The Bertz CT molecular complexity index is 451. The second-order valence-corrected chi connectivity index (χ2v) is 5.19. The Kier molecular flexibility index (Phi) is 2.30. The van der Waals surface area contributed by atoms with Crippen LogP contribution in [0, 0.1) is 0 Å². The average molecular weight is 226 g/mol. The molecule has 2 rings (SSSR count). The zero-order valence-corrected chi connectivity index (χ0v) is 8.57. The van der Waals surface area contributed by atoms with Gasteiger partial charge >= 0.3 is 5.97 Å². The van der Waals surface area contributed by atoms with Crippen molar-refractivity contribution in [3.05, 3.63) is 34.7 Å². The second-order valence-electron chi connectivity index (χ2n) is 3.30. The van der Waals surface area contributed by atoms with Gasteiger partial charge in [0.05, 0.1) is 11.3 Å². The number of aliphatic carboxylic acids is 1. The Morgan fingerprint density at radius 1 is 1.33 bits per heavy atom. The minimum atomic E-state index is -2.84. The summed E-state index contributed by atoms with van der Waals surface area (Å²) < 4.78 is 19.2. The minimum absolute atomic E-state index is 0.108. The molecule has 0 saturated carbocycles. The molecule has 1 aromatic rings. The van der Waals surface area contributed by atoms with Gasteiger partial charge in [-0.1, -0.05) is 12.1 Å². The smallest absolute Gasteiger partial charge is 0.307 e. The van der Waals surface area contributed by atoms with Crippen molar-refractivity contribution in [1.29, 1.82) is 0 Å². The van der Waals surface area contributed by atoms with Crippen molar-refractivity contribution in [2.45, 2.75) is 11.3 Å². The molecule has 1 aliphatic rings. The quantitative estimate of drug-likeness (QED) is 0.723. The molecule has 15 heavy (non-hydrogen) atoms. The maximum atomic E-state index is 10.6. The largest absolute Gasteiger partial charge is 0.481 e. The number of rotatable bonds is 2. The fourth-order valence-electron chi connectivity index (χ4n) is 1.59. The zero-order chi connectivity index (χ0) is 11.1. The van der Waals surface area contributed by atoms with E-state index in [2.05, 4.69) is 0 Å².